The Labute approximate surface area is 151 Å². The standard InChI is InChI=1S/C19H20ClNO4/c1-13(21-17(22)14-9-11-15(20)12-10-14)24-18(23)19(2,3)25-16-7-5-4-6-8-16/h4-13H,1-3H3,(H,21,22). The summed E-state index contributed by atoms with van der Waals surface area (Å²) < 4.78 is 10.9. The molecule has 6 heteroatoms. The van der Waals surface area contributed by atoms with Gasteiger partial charge in [-0.3, -0.25) is 4.79 Å². The van der Waals surface area contributed by atoms with Gasteiger partial charge in [0.15, 0.2) is 11.8 Å². The first-order chi connectivity index (χ1) is 11.8. The fourth-order valence-corrected chi connectivity index (χ4v) is 2.15. The molecule has 2 rings (SSSR count). The number of benzene rings is 2. The number of esters is 1. The highest BCUT2D eigenvalue weighted by atomic mass is 35.5. The van der Waals surface area contributed by atoms with Crippen molar-refractivity contribution < 1.29 is 19.1 Å². The van der Waals surface area contributed by atoms with Crippen molar-refractivity contribution >= 4 is 23.5 Å². The third-order valence-electron chi connectivity index (χ3n) is 3.33. The Bertz CT molecular complexity index is 729. The Morgan fingerprint density at radius 2 is 1.64 bits per heavy atom. The minimum atomic E-state index is -1.19. The monoisotopic (exact) mass is 361 g/mol. The molecule has 1 unspecified atom stereocenters. The van der Waals surface area contributed by atoms with Crippen LogP contribution in [0.5, 0.6) is 5.75 Å². The maximum atomic E-state index is 12.3. The van der Waals surface area contributed by atoms with E-state index in [9.17, 15) is 9.59 Å². The van der Waals surface area contributed by atoms with Crippen LogP contribution in [0.25, 0.3) is 0 Å². The van der Waals surface area contributed by atoms with Crippen LogP contribution in [0.1, 0.15) is 31.1 Å². The lowest BCUT2D eigenvalue weighted by molar-refractivity contribution is -0.165. The number of carbonyl (C=O) groups is 2. The van der Waals surface area contributed by atoms with Crippen molar-refractivity contribution in [2.45, 2.75) is 32.6 Å². The Kier molecular flexibility index (Phi) is 6.04. The first kappa shape index (κ1) is 18.8. The summed E-state index contributed by atoms with van der Waals surface area (Å²) in [6.45, 7) is 4.79. The van der Waals surface area contributed by atoms with Gasteiger partial charge in [-0.1, -0.05) is 29.8 Å². The number of hydrogen-bond acceptors (Lipinski definition) is 4. The van der Waals surface area contributed by atoms with Crippen LogP contribution in [0.2, 0.25) is 5.02 Å². The lowest BCUT2D eigenvalue weighted by Crippen LogP contribution is -2.45. The fraction of sp³-hybridized carbons (Fsp3) is 0.263. The molecule has 5 nitrogen and oxygen atoms in total. The van der Waals surface area contributed by atoms with Gasteiger partial charge in [0.05, 0.1) is 0 Å². The van der Waals surface area contributed by atoms with Crippen molar-refractivity contribution in [3.8, 4) is 5.75 Å². The molecule has 0 saturated heterocycles. The highest BCUT2D eigenvalue weighted by molar-refractivity contribution is 6.30. The Morgan fingerprint density at radius 1 is 1.04 bits per heavy atom. The maximum absolute atomic E-state index is 12.3. The van der Waals surface area contributed by atoms with Crippen molar-refractivity contribution in [2.24, 2.45) is 0 Å². The Balaban J connectivity index is 1.92. The molecule has 0 fully saturated rings. The number of para-hydroxylation sites is 1. The molecule has 132 valence electrons. The molecule has 0 aliphatic heterocycles. The van der Waals surface area contributed by atoms with Crippen LogP contribution in [-0.2, 0) is 9.53 Å². The summed E-state index contributed by atoms with van der Waals surface area (Å²) in [4.78, 5) is 24.4. The number of carbonyl (C=O) groups excluding carboxylic acids is 2. The molecule has 2 aromatic carbocycles. The van der Waals surface area contributed by atoms with Crippen LogP contribution in [0.3, 0.4) is 0 Å². The normalized spacial score (nSPS) is 12.2. The van der Waals surface area contributed by atoms with Crippen LogP contribution in [0.4, 0.5) is 0 Å². The van der Waals surface area contributed by atoms with E-state index >= 15 is 0 Å². The number of halogens is 1. The summed E-state index contributed by atoms with van der Waals surface area (Å²) in [6.07, 6.45) is -0.811. The van der Waals surface area contributed by atoms with Crippen LogP contribution in [-0.4, -0.2) is 23.7 Å². The van der Waals surface area contributed by atoms with E-state index in [0.29, 0.717) is 16.3 Å². The van der Waals surface area contributed by atoms with Crippen LogP contribution in [0.15, 0.2) is 54.6 Å². The van der Waals surface area contributed by atoms with Crippen molar-refractivity contribution in [1.82, 2.24) is 5.32 Å². The predicted octanol–water partition coefficient (Wildman–Crippen LogP) is 3.82. The van der Waals surface area contributed by atoms with Gasteiger partial charge < -0.3 is 14.8 Å². The summed E-state index contributed by atoms with van der Waals surface area (Å²) >= 11 is 5.79. The van der Waals surface area contributed by atoms with E-state index in [4.69, 9.17) is 21.1 Å². The largest absolute Gasteiger partial charge is 0.476 e. The van der Waals surface area contributed by atoms with E-state index in [1.807, 2.05) is 18.2 Å². The number of hydrogen-bond donors (Lipinski definition) is 1. The minimum absolute atomic E-state index is 0.362. The first-order valence-corrected chi connectivity index (χ1v) is 8.17. The van der Waals surface area contributed by atoms with Gasteiger partial charge in [-0.25, -0.2) is 4.79 Å². The van der Waals surface area contributed by atoms with Gasteiger partial charge in [-0.05, 0) is 57.2 Å². The van der Waals surface area contributed by atoms with E-state index in [2.05, 4.69) is 5.32 Å². The zero-order chi connectivity index (χ0) is 18.4. The summed E-state index contributed by atoms with van der Waals surface area (Å²) in [5, 5.41) is 3.14. The summed E-state index contributed by atoms with van der Waals surface area (Å²) in [7, 11) is 0. The molecule has 0 spiro atoms. The quantitative estimate of drug-likeness (QED) is 0.627. The molecular weight excluding hydrogens is 342 g/mol. The summed E-state index contributed by atoms with van der Waals surface area (Å²) in [5.74, 6) is -0.388. The third kappa shape index (κ3) is 5.50. The number of nitrogens with one attached hydrogen (secondary N) is 1. The van der Waals surface area contributed by atoms with Gasteiger partial charge in [0.2, 0.25) is 0 Å². The van der Waals surface area contributed by atoms with Gasteiger partial charge >= 0.3 is 5.97 Å². The number of rotatable bonds is 6. The van der Waals surface area contributed by atoms with Crippen LogP contribution in [0, 0.1) is 0 Å². The van der Waals surface area contributed by atoms with Crippen LogP contribution < -0.4 is 10.1 Å². The van der Waals surface area contributed by atoms with E-state index in [1.165, 1.54) is 0 Å². The smallest absolute Gasteiger partial charge is 0.351 e. The van der Waals surface area contributed by atoms with Crippen molar-refractivity contribution in [3.05, 3.63) is 65.2 Å². The molecule has 1 amide bonds. The zero-order valence-corrected chi connectivity index (χ0v) is 15.0. The minimum Gasteiger partial charge on any atom is -0.476 e. The second kappa shape index (κ2) is 8.03. The summed E-state index contributed by atoms with van der Waals surface area (Å²) in [5.41, 5.74) is -0.771. The average molecular weight is 362 g/mol. The summed E-state index contributed by atoms with van der Waals surface area (Å²) in [6, 6.07) is 15.4. The van der Waals surface area contributed by atoms with Crippen molar-refractivity contribution in [2.75, 3.05) is 0 Å². The number of amides is 1. The third-order valence-corrected chi connectivity index (χ3v) is 3.58. The van der Waals surface area contributed by atoms with Gasteiger partial charge in [0.1, 0.15) is 5.75 Å². The molecule has 0 bridgehead atoms. The fourth-order valence-electron chi connectivity index (χ4n) is 2.03. The Morgan fingerprint density at radius 3 is 2.24 bits per heavy atom. The van der Waals surface area contributed by atoms with Gasteiger partial charge in [-0.2, -0.15) is 0 Å². The van der Waals surface area contributed by atoms with E-state index < -0.39 is 17.8 Å². The van der Waals surface area contributed by atoms with E-state index in [0.717, 1.165) is 0 Å². The predicted molar refractivity (Wildman–Crippen MR) is 95.6 cm³/mol. The Hall–Kier alpha value is -2.53. The molecule has 0 aliphatic carbocycles. The van der Waals surface area contributed by atoms with Crippen molar-refractivity contribution in [1.29, 1.82) is 0 Å². The average Bonchev–Trinajstić information content (AvgIpc) is 2.55. The SMILES string of the molecule is CC(NC(=O)c1ccc(Cl)cc1)OC(=O)C(C)(C)Oc1ccccc1. The van der Waals surface area contributed by atoms with Crippen LogP contribution >= 0.6 is 11.6 Å². The molecule has 0 aliphatic rings. The molecule has 25 heavy (non-hydrogen) atoms. The molecule has 1 atom stereocenters. The molecular formula is C19H20ClNO4. The van der Waals surface area contributed by atoms with Gasteiger partial charge in [0.25, 0.3) is 5.91 Å². The maximum Gasteiger partial charge on any atom is 0.351 e. The topological polar surface area (TPSA) is 64.6 Å². The van der Waals surface area contributed by atoms with Gasteiger partial charge in [0, 0.05) is 10.6 Å². The highest BCUT2D eigenvalue weighted by Gasteiger charge is 2.33. The highest BCUT2D eigenvalue weighted by Crippen LogP contribution is 2.19. The molecule has 0 heterocycles. The van der Waals surface area contributed by atoms with E-state index in [1.54, 1.807) is 57.2 Å². The molecule has 0 aromatic heterocycles. The number of ether oxygens (including phenoxy) is 2. The lowest BCUT2D eigenvalue weighted by atomic mass is 10.1. The zero-order valence-electron chi connectivity index (χ0n) is 14.3. The van der Waals surface area contributed by atoms with Gasteiger partial charge in [-0.15, -0.1) is 0 Å². The molecule has 2 aromatic rings. The second-order valence-corrected chi connectivity index (χ2v) is 6.39. The molecule has 0 radical (unpaired) electrons. The van der Waals surface area contributed by atoms with Crippen molar-refractivity contribution in [3.63, 3.8) is 0 Å². The van der Waals surface area contributed by atoms with E-state index in [-0.39, 0.29) is 5.91 Å². The lowest BCUT2D eigenvalue weighted by Gasteiger charge is -2.26. The molecule has 0 saturated carbocycles. The second-order valence-electron chi connectivity index (χ2n) is 5.95. The molecule has 1 N–H and O–H groups in total. The first-order valence-electron chi connectivity index (χ1n) is 7.79.